The van der Waals surface area contributed by atoms with Gasteiger partial charge in [0, 0.05) is 18.7 Å². The van der Waals surface area contributed by atoms with Gasteiger partial charge in [0.1, 0.15) is 6.54 Å². The summed E-state index contributed by atoms with van der Waals surface area (Å²) in [5, 5.41) is 2.71. The standard InChI is InChI=1S/C20H28N2O4/c1-3-15(2)16-8-10-17(11-9-16)21-18(23)14-26-20(25)13-22-12-6-4-5-7-19(22)24/h8-11,15H,3-7,12-14H2,1-2H3,(H,21,23)/t15-/m1/s1. The van der Waals surface area contributed by atoms with Crippen LogP contribution in [0.15, 0.2) is 24.3 Å². The number of carbonyl (C=O) groups excluding carboxylic acids is 3. The van der Waals surface area contributed by atoms with Crippen molar-refractivity contribution in [1.29, 1.82) is 0 Å². The van der Waals surface area contributed by atoms with Gasteiger partial charge in [-0.15, -0.1) is 0 Å². The number of amides is 2. The highest BCUT2D eigenvalue weighted by atomic mass is 16.5. The molecule has 2 amide bonds. The molecule has 26 heavy (non-hydrogen) atoms. The van der Waals surface area contributed by atoms with Crippen molar-refractivity contribution in [2.75, 3.05) is 25.0 Å². The average Bonchev–Trinajstić information content (AvgIpc) is 2.84. The average molecular weight is 360 g/mol. The zero-order valence-corrected chi connectivity index (χ0v) is 15.6. The largest absolute Gasteiger partial charge is 0.454 e. The van der Waals surface area contributed by atoms with Crippen LogP contribution >= 0.6 is 0 Å². The lowest BCUT2D eigenvalue weighted by atomic mass is 9.99. The summed E-state index contributed by atoms with van der Waals surface area (Å²) in [6.07, 6.45) is 4.28. The monoisotopic (exact) mass is 360 g/mol. The third-order valence-electron chi connectivity index (χ3n) is 4.73. The quantitative estimate of drug-likeness (QED) is 0.758. The first kappa shape index (κ1) is 19.9. The number of esters is 1. The Morgan fingerprint density at radius 1 is 1.19 bits per heavy atom. The van der Waals surface area contributed by atoms with Gasteiger partial charge in [0.25, 0.3) is 5.91 Å². The molecule has 6 heteroatoms. The van der Waals surface area contributed by atoms with Gasteiger partial charge in [-0.25, -0.2) is 0 Å². The minimum absolute atomic E-state index is 0.0229. The Kier molecular flexibility index (Phi) is 7.63. The van der Waals surface area contributed by atoms with Crippen molar-refractivity contribution >= 4 is 23.5 Å². The Morgan fingerprint density at radius 2 is 1.92 bits per heavy atom. The van der Waals surface area contributed by atoms with Crippen LogP contribution in [0.2, 0.25) is 0 Å². The lowest BCUT2D eigenvalue weighted by molar-refractivity contribution is -0.151. The van der Waals surface area contributed by atoms with Crippen molar-refractivity contribution in [3.63, 3.8) is 0 Å². The Hall–Kier alpha value is -2.37. The number of nitrogens with one attached hydrogen (secondary N) is 1. The first-order chi connectivity index (χ1) is 12.5. The number of rotatable bonds is 7. The normalized spacial score (nSPS) is 15.9. The van der Waals surface area contributed by atoms with E-state index in [1.165, 1.54) is 10.5 Å². The van der Waals surface area contributed by atoms with Gasteiger partial charge in [-0.2, -0.15) is 0 Å². The van der Waals surface area contributed by atoms with E-state index in [9.17, 15) is 14.4 Å². The summed E-state index contributed by atoms with van der Waals surface area (Å²) < 4.78 is 5.00. The number of nitrogens with zero attached hydrogens (tertiary/aromatic N) is 1. The van der Waals surface area contributed by atoms with E-state index in [0.29, 0.717) is 24.6 Å². The summed E-state index contributed by atoms with van der Waals surface area (Å²) in [5.41, 5.74) is 1.89. The summed E-state index contributed by atoms with van der Waals surface area (Å²) in [7, 11) is 0. The van der Waals surface area contributed by atoms with Crippen LogP contribution in [0.25, 0.3) is 0 Å². The molecule has 6 nitrogen and oxygen atoms in total. The van der Waals surface area contributed by atoms with Crippen molar-refractivity contribution in [2.45, 2.75) is 51.9 Å². The van der Waals surface area contributed by atoms with Gasteiger partial charge in [0.15, 0.2) is 6.61 Å². The fraction of sp³-hybridized carbons (Fsp3) is 0.550. The number of likely N-dealkylation sites (tertiary alicyclic amines) is 1. The number of carbonyl (C=O) groups is 3. The van der Waals surface area contributed by atoms with Gasteiger partial charge in [-0.3, -0.25) is 14.4 Å². The van der Waals surface area contributed by atoms with E-state index in [0.717, 1.165) is 25.7 Å². The van der Waals surface area contributed by atoms with Crippen molar-refractivity contribution < 1.29 is 19.1 Å². The molecule has 0 spiro atoms. The molecule has 1 aliphatic heterocycles. The third kappa shape index (κ3) is 6.17. The zero-order chi connectivity index (χ0) is 18.9. The molecule has 0 aromatic heterocycles. The highest BCUT2D eigenvalue weighted by Crippen LogP contribution is 2.20. The molecule has 0 aliphatic carbocycles. The first-order valence-electron chi connectivity index (χ1n) is 9.32. The van der Waals surface area contributed by atoms with Gasteiger partial charge in [-0.1, -0.05) is 32.4 Å². The predicted octanol–water partition coefficient (Wildman–Crippen LogP) is 3.08. The molecule has 0 bridgehead atoms. The number of hydrogen-bond donors (Lipinski definition) is 1. The van der Waals surface area contributed by atoms with Gasteiger partial charge >= 0.3 is 5.97 Å². The maximum atomic E-state index is 11.9. The molecule has 0 saturated carbocycles. The molecule has 2 rings (SSSR count). The van der Waals surface area contributed by atoms with E-state index in [-0.39, 0.29) is 19.1 Å². The summed E-state index contributed by atoms with van der Waals surface area (Å²) in [4.78, 5) is 37.2. The molecule has 0 radical (unpaired) electrons. The van der Waals surface area contributed by atoms with Crippen molar-refractivity contribution in [2.24, 2.45) is 0 Å². The molecule has 1 heterocycles. The minimum atomic E-state index is -0.553. The van der Waals surface area contributed by atoms with E-state index in [4.69, 9.17) is 4.74 Å². The van der Waals surface area contributed by atoms with E-state index >= 15 is 0 Å². The van der Waals surface area contributed by atoms with Crippen molar-refractivity contribution in [3.05, 3.63) is 29.8 Å². The van der Waals surface area contributed by atoms with Crippen LogP contribution in [0.3, 0.4) is 0 Å². The molecular weight excluding hydrogens is 332 g/mol. The van der Waals surface area contributed by atoms with E-state index in [2.05, 4.69) is 19.2 Å². The van der Waals surface area contributed by atoms with E-state index in [1.54, 1.807) is 0 Å². The number of ether oxygens (including phenoxy) is 1. The van der Waals surface area contributed by atoms with E-state index < -0.39 is 11.9 Å². The topological polar surface area (TPSA) is 75.7 Å². The van der Waals surface area contributed by atoms with Crippen molar-refractivity contribution in [1.82, 2.24) is 4.90 Å². The molecular formula is C20H28N2O4. The number of benzene rings is 1. The van der Waals surface area contributed by atoms with Gasteiger partial charge in [0.05, 0.1) is 0 Å². The van der Waals surface area contributed by atoms with Crippen LogP contribution in [0.1, 0.15) is 57.4 Å². The van der Waals surface area contributed by atoms with Gasteiger partial charge in [0.2, 0.25) is 5.91 Å². The van der Waals surface area contributed by atoms with Crippen molar-refractivity contribution in [3.8, 4) is 0 Å². The zero-order valence-electron chi connectivity index (χ0n) is 15.6. The second-order valence-corrected chi connectivity index (χ2v) is 6.77. The molecule has 1 aromatic rings. The van der Waals surface area contributed by atoms with Gasteiger partial charge in [-0.05, 0) is 42.9 Å². The number of anilines is 1. The molecule has 0 unspecified atom stereocenters. The van der Waals surface area contributed by atoms with E-state index in [1.807, 2.05) is 24.3 Å². The summed E-state index contributed by atoms with van der Waals surface area (Å²) in [5.74, 6) is -0.493. The van der Waals surface area contributed by atoms with Crippen LogP contribution in [0.4, 0.5) is 5.69 Å². The SMILES string of the molecule is CC[C@@H](C)c1ccc(NC(=O)COC(=O)CN2CCCCCC2=O)cc1. The fourth-order valence-electron chi connectivity index (χ4n) is 2.88. The Balaban J connectivity index is 1.75. The molecule has 1 atom stereocenters. The number of hydrogen-bond acceptors (Lipinski definition) is 4. The van der Waals surface area contributed by atoms with Crippen LogP contribution in [-0.2, 0) is 19.1 Å². The van der Waals surface area contributed by atoms with Crippen LogP contribution in [0.5, 0.6) is 0 Å². The molecule has 1 aromatic carbocycles. The second kappa shape index (κ2) is 9.94. The highest BCUT2D eigenvalue weighted by Gasteiger charge is 2.20. The fourth-order valence-corrected chi connectivity index (χ4v) is 2.88. The van der Waals surface area contributed by atoms with Crippen LogP contribution < -0.4 is 5.32 Å². The highest BCUT2D eigenvalue weighted by molar-refractivity contribution is 5.93. The Morgan fingerprint density at radius 3 is 2.62 bits per heavy atom. The Labute approximate surface area is 154 Å². The molecule has 1 aliphatic rings. The minimum Gasteiger partial charge on any atom is -0.454 e. The summed E-state index contributed by atoms with van der Waals surface area (Å²) in [6, 6.07) is 7.66. The van der Waals surface area contributed by atoms with Crippen LogP contribution in [0, 0.1) is 0 Å². The Bertz CT molecular complexity index is 627. The maximum Gasteiger partial charge on any atom is 0.326 e. The van der Waals surface area contributed by atoms with Crippen LogP contribution in [-0.4, -0.2) is 42.4 Å². The summed E-state index contributed by atoms with van der Waals surface area (Å²) in [6.45, 7) is 4.42. The second-order valence-electron chi connectivity index (χ2n) is 6.77. The third-order valence-corrected chi connectivity index (χ3v) is 4.73. The predicted molar refractivity (Wildman–Crippen MR) is 99.8 cm³/mol. The maximum absolute atomic E-state index is 11.9. The smallest absolute Gasteiger partial charge is 0.326 e. The molecule has 1 saturated heterocycles. The molecule has 1 N–H and O–H groups in total. The summed E-state index contributed by atoms with van der Waals surface area (Å²) >= 11 is 0. The molecule has 1 fully saturated rings. The lowest BCUT2D eigenvalue weighted by Gasteiger charge is -2.19. The first-order valence-corrected chi connectivity index (χ1v) is 9.32. The molecule has 142 valence electrons. The van der Waals surface area contributed by atoms with Gasteiger partial charge < -0.3 is 15.0 Å². The lowest BCUT2D eigenvalue weighted by Crippen LogP contribution is -2.36.